The van der Waals surface area contributed by atoms with Gasteiger partial charge >= 0.3 is 11.2 Å². The molecule has 9 nitrogen and oxygen atoms in total. The number of sulfone groups is 1. The molecule has 0 radical (unpaired) electrons. The summed E-state index contributed by atoms with van der Waals surface area (Å²) in [5, 5.41) is 13.3. The minimum atomic E-state index is -4.37. The molecule has 0 spiro atoms. The molecule has 3 aromatic rings. The summed E-state index contributed by atoms with van der Waals surface area (Å²) in [6.45, 7) is 4.15. The number of halogens is 1. The highest BCUT2D eigenvalue weighted by atomic mass is 35.5. The van der Waals surface area contributed by atoms with Crippen molar-refractivity contribution in [3.8, 4) is 0 Å². The van der Waals surface area contributed by atoms with Crippen molar-refractivity contribution in [2.24, 2.45) is 0 Å². The fourth-order valence-electron chi connectivity index (χ4n) is 3.44. The highest BCUT2D eigenvalue weighted by Crippen LogP contribution is 2.15. The maximum absolute atomic E-state index is 12.5. The van der Waals surface area contributed by atoms with Gasteiger partial charge in [0, 0.05) is 35.1 Å². The molecular formula is C28H32ClN3O6S. The van der Waals surface area contributed by atoms with E-state index in [0.717, 1.165) is 11.3 Å². The highest BCUT2D eigenvalue weighted by molar-refractivity contribution is 8.06. The van der Waals surface area contributed by atoms with Crippen molar-refractivity contribution in [1.82, 2.24) is 15.6 Å². The van der Waals surface area contributed by atoms with E-state index in [1.807, 2.05) is 37.3 Å². The summed E-state index contributed by atoms with van der Waals surface area (Å²) < 4.78 is 25.0. The summed E-state index contributed by atoms with van der Waals surface area (Å²) in [5.74, 6) is -1.51. The van der Waals surface area contributed by atoms with Crippen molar-refractivity contribution in [1.29, 1.82) is 0 Å². The number of nitrogens with one attached hydrogen (secondary N) is 2. The van der Waals surface area contributed by atoms with Gasteiger partial charge in [-0.25, -0.2) is 8.42 Å². The summed E-state index contributed by atoms with van der Waals surface area (Å²) in [6.07, 6.45) is 2.94. The molecule has 0 bridgehead atoms. The first-order chi connectivity index (χ1) is 18.5. The van der Waals surface area contributed by atoms with Gasteiger partial charge in [-0.15, -0.1) is 0 Å². The molecule has 39 heavy (non-hydrogen) atoms. The van der Waals surface area contributed by atoms with Gasteiger partial charge in [-0.3, -0.25) is 19.4 Å². The number of carbonyl (C=O) groups excluding carboxylic acids is 2. The lowest BCUT2D eigenvalue weighted by molar-refractivity contribution is -0.137. The van der Waals surface area contributed by atoms with Crippen LogP contribution in [-0.2, 0) is 21.1 Å². The molecule has 2 aromatic carbocycles. The van der Waals surface area contributed by atoms with E-state index in [4.69, 9.17) is 16.7 Å². The number of carboxylic acids is 1. The number of hydrogen-bond donors (Lipinski definition) is 3. The van der Waals surface area contributed by atoms with Crippen molar-refractivity contribution in [3.05, 3.63) is 94.8 Å². The Bertz CT molecular complexity index is 1330. The first-order valence-corrected chi connectivity index (χ1v) is 14.2. The molecule has 1 unspecified atom stereocenters. The second-order valence-corrected chi connectivity index (χ2v) is 10.9. The van der Waals surface area contributed by atoms with Gasteiger partial charge in [0.1, 0.15) is 0 Å². The lowest BCUT2D eigenvalue weighted by atomic mass is 10.1. The summed E-state index contributed by atoms with van der Waals surface area (Å²) >= 11 is 5.84. The molecule has 1 heterocycles. The number of pyridine rings is 1. The van der Waals surface area contributed by atoms with E-state index in [1.165, 1.54) is 24.3 Å². The van der Waals surface area contributed by atoms with Gasteiger partial charge in [-0.2, -0.15) is 0 Å². The minimum absolute atomic E-state index is 0.246. The quantitative estimate of drug-likeness (QED) is 0.315. The van der Waals surface area contributed by atoms with Crippen LogP contribution in [0.1, 0.15) is 47.8 Å². The predicted octanol–water partition coefficient (Wildman–Crippen LogP) is 4.83. The maximum atomic E-state index is 12.5. The summed E-state index contributed by atoms with van der Waals surface area (Å²) in [5.41, 5.74) is 2.32. The standard InChI is InChI=1S/C22H25ClN2O6S.C6H7N/c1-2-3-18(14-20(26)27)25-22(29)32(30,31)19-10-6-16(7-11-19)21(28)24-13-12-15-4-8-17(23)9-5-15;1-6-4-2-3-5-7-6/h4-11,18H,2-3,12-14H2,1H3,(H,24,28)(H,25,29)(H,26,27);2-5H,1H3. The Hall–Kier alpha value is -3.76. The third-order valence-corrected chi connectivity index (χ3v) is 7.23. The number of aromatic nitrogens is 1. The molecule has 0 aliphatic rings. The number of benzene rings is 2. The van der Waals surface area contributed by atoms with Crippen LogP contribution in [0, 0.1) is 6.92 Å². The van der Waals surface area contributed by atoms with Crippen molar-refractivity contribution >= 4 is 38.6 Å². The van der Waals surface area contributed by atoms with Crippen LogP contribution in [0.25, 0.3) is 0 Å². The van der Waals surface area contributed by atoms with E-state index in [-0.39, 0.29) is 22.8 Å². The molecule has 0 fully saturated rings. The minimum Gasteiger partial charge on any atom is -0.481 e. The van der Waals surface area contributed by atoms with Gasteiger partial charge in [0.2, 0.25) is 0 Å². The van der Waals surface area contributed by atoms with E-state index < -0.39 is 27.1 Å². The van der Waals surface area contributed by atoms with Gasteiger partial charge in [0.05, 0.1) is 11.3 Å². The summed E-state index contributed by atoms with van der Waals surface area (Å²) in [6, 6.07) is 17.3. The summed E-state index contributed by atoms with van der Waals surface area (Å²) in [7, 11) is -4.37. The molecule has 2 amide bonds. The predicted molar refractivity (Wildman–Crippen MR) is 150 cm³/mol. The lowest BCUT2D eigenvalue weighted by Crippen LogP contribution is -2.39. The molecule has 0 saturated heterocycles. The maximum Gasteiger partial charge on any atom is 0.341 e. The first kappa shape index (κ1) is 31.5. The molecular weight excluding hydrogens is 542 g/mol. The van der Waals surface area contributed by atoms with Crippen LogP contribution in [0.15, 0.2) is 77.8 Å². The number of rotatable bonds is 10. The van der Waals surface area contributed by atoms with Crippen LogP contribution < -0.4 is 10.6 Å². The van der Waals surface area contributed by atoms with Gasteiger partial charge < -0.3 is 15.7 Å². The van der Waals surface area contributed by atoms with E-state index in [2.05, 4.69) is 15.6 Å². The fourth-order valence-corrected chi connectivity index (χ4v) is 4.60. The molecule has 1 aromatic heterocycles. The summed E-state index contributed by atoms with van der Waals surface area (Å²) in [4.78, 5) is 39.2. The van der Waals surface area contributed by atoms with Crippen LogP contribution >= 0.6 is 11.6 Å². The molecule has 0 aliphatic heterocycles. The average molecular weight is 574 g/mol. The third kappa shape index (κ3) is 10.9. The van der Waals surface area contributed by atoms with Crippen molar-refractivity contribution < 1.29 is 27.9 Å². The Kier molecular flexibility index (Phi) is 12.6. The molecule has 0 aliphatic carbocycles. The molecule has 3 rings (SSSR count). The number of nitrogens with zero attached hydrogens (tertiary/aromatic N) is 1. The van der Waals surface area contributed by atoms with Crippen LogP contribution in [0.5, 0.6) is 0 Å². The van der Waals surface area contributed by atoms with Crippen LogP contribution in [-0.4, -0.2) is 48.2 Å². The number of aryl methyl sites for hydroxylation is 1. The van der Waals surface area contributed by atoms with Gasteiger partial charge in [0.15, 0.2) is 0 Å². The highest BCUT2D eigenvalue weighted by Gasteiger charge is 2.28. The van der Waals surface area contributed by atoms with Crippen molar-refractivity contribution in [2.75, 3.05) is 6.54 Å². The topological polar surface area (TPSA) is 143 Å². The van der Waals surface area contributed by atoms with Gasteiger partial charge in [-0.05, 0) is 73.9 Å². The zero-order chi connectivity index (χ0) is 28.8. The second-order valence-electron chi connectivity index (χ2n) is 8.65. The number of amides is 2. The van der Waals surface area contributed by atoms with E-state index in [0.29, 0.717) is 30.8 Å². The van der Waals surface area contributed by atoms with Crippen molar-refractivity contribution in [2.45, 2.75) is 50.5 Å². The number of carboxylic acid groups (broad SMARTS) is 1. The zero-order valence-corrected chi connectivity index (χ0v) is 23.3. The smallest absolute Gasteiger partial charge is 0.341 e. The first-order valence-electron chi connectivity index (χ1n) is 12.3. The van der Waals surface area contributed by atoms with Crippen LogP contribution in [0.4, 0.5) is 4.79 Å². The van der Waals surface area contributed by atoms with Gasteiger partial charge in [-0.1, -0.05) is 43.1 Å². The third-order valence-electron chi connectivity index (χ3n) is 5.48. The normalized spacial score (nSPS) is 11.5. The Labute approximate surface area is 233 Å². The molecule has 208 valence electrons. The number of hydrogen-bond acceptors (Lipinski definition) is 6. The Morgan fingerprint density at radius 1 is 1.00 bits per heavy atom. The number of aliphatic carboxylic acids is 1. The SMILES string of the molecule is CCCC(CC(=O)O)NC(=O)S(=O)(=O)c1ccc(C(=O)NCCc2ccc(Cl)cc2)cc1.Cc1ccccn1. The second kappa shape index (κ2) is 15.6. The number of carbonyl (C=O) groups is 3. The molecule has 0 saturated carbocycles. The largest absolute Gasteiger partial charge is 0.481 e. The Balaban J connectivity index is 0.000000658. The monoisotopic (exact) mass is 573 g/mol. The average Bonchev–Trinajstić information content (AvgIpc) is 2.90. The van der Waals surface area contributed by atoms with Crippen molar-refractivity contribution in [3.63, 3.8) is 0 Å². The van der Waals surface area contributed by atoms with Gasteiger partial charge in [0.25, 0.3) is 15.7 Å². The van der Waals surface area contributed by atoms with Crippen LogP contribution in [0.3, 0.4) is 0 Å². The van der Waals surface area contributed by atoms with E-state index >= 15 is 0 Å². The zero-order valence-electron chi connectivity index (χ0n) is 21.8. The van der Waals surface area contributed by atoms with E-state index in [1.54, 1.807) is 25.3 Å². The Morgan fingerprint density at radius 2 is 1.67 bits per heavy atom. The fraction of sp³-hybridized carbons (Fsp3) is 0.286. The van der Waals surface area contributed by atoms with E-state index in [9.17, 15) is 22.8 Å². The molecule has 1 atom stereocenters. The lowest BCUT2D eigenvalue weighted by Gasteiger charge is -2.16. The molecule has 11 heteroatoms. The molecule has 3 N–H and O–H groups in total. The van der Waals surface area contributed by atoms with Crippen LogP contribution in [0.2, 0.25) is 5.02 Å². The Morgan fingerprint density at radius 3 is 2.18 bits per heavy atom.